The van der Waals surface area contributed by atoms with Gasteiger partial charge in [0, 0.05) is 12.0 Å². The molecule has 0 saturated heterocycles. The lowest BCUT2D eigenvalue weighted by Crippen LogP contribution is -2.25. The lowest BCUT2D eigenvalue weighted by atomic mass is 10.1. The average Bonchev–Trinajstić information content (AvgIpc) is 2.47. The maximum absolute atomic E-state index is 11.9. The van der Waals surface area contributed by atoms with Gasteiger partial charge in [0.1, 0.15) is 0 Å². The molecular formula is C15H18O5. The molecule has 108 valence electrons. The summed E-state index contributed by atoms with van der Waals surface area (Å²) in [5, 5.41) is 8.91. The number of aliphatic hydroxyl groups is 1. The second kappa shape index (κ2) is 8.12. The van der Waals surface area contributed by atoms with Crippen LogP contribution in [0.5, 0.6) is 0 Å². The molecule has 1 unspecified atom stereocenters. The van der Waals surface area contributed by atoms with Crippen LogP contribution in [-0.4, -0.2) is 23.1 Å². The molecule has 0 radical (unpaired) electrons. The van der Waals surface area contributed by atoms with Gasteiger partial charge in [-0.3, -0.25) is 4.79 Å². The summed E-state index contributed by atoms with van der Waals surface area (Å²) in [6, 6.07) is 6.09. The third kappa shape index (κ3) is 4.51. The van der Waals surface area contributed by atoms with Crippen molar-refractivity contribution in [2.24, 2.45) is 0 Å². The van der Waals surface area contributed by atoms with Crippen LogP contribution in [0.3, 0.4) is 0 Å². The second-order valence-electron chi connectivity index (χ2n) is 4.11. The molecule has 0 saturated carbocycles. The Morgan fingerprint density at radius 1 is 1.35 bits per heavy atom. The van der Waals surface area contributed by atoms with Gasteiger partial charge in [-0.15, -0.1) is 0 Å². The predicted octanol–water partition coefficient (Wildman–Crippen LogP) is 2.19. The fourth-order valence-corrected chi connectivity index (χ4v) is 1.55. The first-order valence-corrected chi connectivity index (χ1v) is 6.33. The highest BCUT2D eigenvalue weighted by Crippen LogP contribution is 2.09. The lowest BCUT2D eigenvalue weighted by molar-refractivity contribution is -0.163. The minimum absolute atomic E-state index is 0.120. The van der Waals surface area contributed by atoms with Gasteiger partial charge >= 0.3 is 5.97 Å². The Balaban J connectivity index is 2.69. The summed E-state index contributed by atoms with van der Waals surface area (Å²) >= 11 is 0. The Bertz CT molecular complexity index is 464. The van der Waals surface area contributed by atoms with Crippen LogP contribution in [0.1, 0.15) is 35.7 Å². The zero-order chi connectivity index (χ0) is 15.0. The number of carbonyl (C=O) groups is 2. The summed E-state index contributed by atoms with van der Waals surface area (Å²) in [6.07, 6.45) is 1.60. The first-order valence-electron chi connectivity index (χ1n) is 6.33. The molecule has 0 bridgehead atoms. The fraction of sp³-hybridized carbons (Fsp3) is 0.333. The Labute approximate surface area is 117 Å². The van der Waals surface area contributed by atoms with Crippen molar-refractivity contribution in [3.63, 3.8) is 0 Å². The number of ketones is 1. The number of ether oxygens (including phenoxy) is 2. The van der Waals surface area contributed by atoms with Gasteiger partial charge in [0.2, 0.25) is 6.29 Å². The Morgan fingerprint density at radius 2 is 2.00 bits per heavy atom. The molecule has 0 aliphatic heterocycles. The SMILES string of the molecule is C=COC(CCC)OC(=O)C(=O)c1ccc(CO)cc1. The number of rotatable bonds is 8. The van der Waals surface area contributed by atoms with Crippen molar-refractivity contribution in [2.45, 2.75) is 32.7 Å². The largest absolute Gasteiger partial charge is 0.463 e. The van der Waals surface area contributed by atoms with Gasteiger partial charge < -0.3 is 14.6 Å². The molecule has 0 heterocycles. The maximum Gasteiger partial charge on any atom is 0.382 e. The molecule has 1 aromatic rings. The van der Waals surface area contributed by atoms with Crippen LogP contribution < -0.4 is 0 Å². The molecule has 0 fully saturated rings. The predicted molar refractivity (Wildman–Crippen MR) is 72.8 cm³/mol. The number of benzene rings is 1. The van der Waals surface area contributed by atoms with Crippen LogP contribution in [0.15, 0.2) is 37.1 Å². The highest BCUT2D eigenvalue weighted by molar-refractivity contribution is 6.40. The van der Waals surface area contributed by atoms with Crippen LogP contribution in [0, 0.1) is 0 Å². The van der Waals surface area contributed by atoms with E-state index < -0.39 is 18.0 Å². The van der Waals surface area contributed by atoms with Crippen LogP contribution >= 0.6 is 0 Å². The highest BCUT2D eigenvalue weighted by atomic mass is 16.7. The van der Waals surface area contributed by atoms with E-state index in [1.165, 1.54) is 18.4 Å². The van der Waals surface area contributed by atoms with Crippen molar-refractivity contribution in [1.29, 1.82) is 0 Å². The summed E-state index contributed by atoms with van der Waals surface area (Å²) in [5.74, 6) is -1.72. The van der Waals surface area contributed by atoms with Crippen molar-refractivity contribution >= 4 is 11.8 Å². The van der Waals surface area contributed by atoms with Gasteiger partial charge in [0.05, 0.1) is 12.9 Å². The number of carbonyl (C=O) groups excluding carboxylic acids is 2. The van der Waals surface area contributed by atoms with Crippen molar-refractivity contribution in [3.8, 4) is 0 Å². The quantitative estimate of drug-likeness (QED) is 0.259. The van der Waals surface area contributed by atoms with Crippen molar-refractivity contribution in [1.82, 2.24) is 0 Å². The van der Waals surface area contributed by atoms with Gasteiger partial charge in [-0.1, -0.05) is 37.8 Å². The molecule has 0 aliphatic carbocycles. The third-order valence-electron chi connectivity index (χ3n) is 2.59. The summed E-state index contributed by atoms with van der Waals surface area (Å²) < 4.78 is 9.98. The van der Waals surface area contributed by atoms with E-state index in [2.05, 4.69) is 6.58 Å². The summed E-state index contributed by atoms with van der Waals surface area (Å²) in [5.41, 5.74) is 0.870. The third-order valence-corrected chi connectivity index (χ3v) is 2.59. The minimum Gasteiger partial charge on any atom is -0.463 e. The average molecular weight is 278 g/mol. The van der Waals surface area contributed by atoms with Crippen LogP contribution in [0.2, 0.25) is 0 Å². The molecule has 0 amide bonds. The molecule has 1 rings (SSSR count). The highest BCUT2D eigenvalue weighted by Gasteiger charge is 2.22. The fourth-order valence-electron chi connectivity index (χ4n) is 1.55. The normalized spacial score (nSPS) is 11.5. The standard InChI is InChI=1S/C15H18O5/c1-3-5-13(19-4-2)20-15(18)14(17)12-8-6-11(10-16)7-9-12/h4,6-9,13,16H,2-3,5,10H2,1H3. The van der Waals surface area contributed by atoms with Gasteiger partial charge in [-0.2, -0.15) is 0 Å². The lowest BCUT2D eigenvalue weighted by Gasteiger charge is -2.15. The van der Waals surface area contributed by atoms with Crippen LogP contribution in [0.25, 0.3) is 0 Å². The van der Waals surface area contributed by atoms with Crippen LogP contribution in [0.4, 0.5) is 0 Å². The Hall–Kier alpha value is -2.14. The Morgan fingerprint density at radius 3 is 2.50 bits per heavy atom. The molecule has 0 aromatic heterocycles. The summed E-state index contributed by atoms with van der Waals surface area (Å²) in [7, 11) is 0. The summed E-state index contributed by atoms with van der Waals surface area (Å²) in [4.78, 5) is 23.6. The number of hydrogen-bond donors (Lipinski definition) is 1. The van der Waals surface area contributed by atoms with Gasteiger partial charge in [0.25, 0.3) is 5.78 Å². The van der Waals surface area contributed by atoms with E-state index in [9.17, 15) is 9.59 Å². The van der Waals surface area contributed by atoms with Crippen molar-refractivity contribution in [2.75, 3.05) is 0 Å². The van der Waals surface area contributed by atoms with Gasteiger partial charge in [-0.25, -0.2) is 4.79 Å². The molecule has 20 heavy (non-hydrogen) atoms. The number of Topliss-reactive ketones (excluding diaryl/α,β-unsaturated/α-hetero) is 1. The van der Waals surface area contributed by atoms with E-state index in [4.69, 9.17) is 14.6 Å². The Kier molecular flexibility index (Phi) is 6.46. The maximum atomic E-state index is 11.9. The topological polar surface area (TPSA) is 72.8 Å². The molecule has 5 nitrogen and oxygen atoms in total. The molecule has 5 heteroatoms. The van der Waals surface area contributed by atoms with Gasteiger partial charge in [0.15, 0.2) is 0 Å². The van der Waals surface area contributed by atoms with E-state index in [1.807, 2.05) is 6.92 Å². The zero-order valence-corrected chi connectivity index (χ0v) is 11.4. The van der Waals surface area contributed by atoms with Gasteiger partial charge in [-0.05, 0) is 12.0 Å². The first kappa shape index (κ1) is 15.9. The summed E-state index contributed by atoms with van der Waals surface area (Å²) in [6.45, 7) is 5.18. The van der Waals surface area contributed by atoms with Crippen molar-refractivity contribution in [3.05, 3.63) is 48.2 Å². The molecule has 0 spiro atoms. The molecule has 1 atom stereocenters. The van der Waals surface area contributed by atoms with E-state index in [0.717, 1.165) is 6.42 Å². The van der Waals surface area contributed by atoms with E-state index in [0.29, 0.717) is 12.0 Å². The van der Waals surface area contributed by atoms with E-state index in [1.54, 1.807) is 12.1 Å². The minimum atomic E-state index is -0.970. The van der Waals surface area contributed by atoms with E-state index >= 15 is 0 Å². The number of hydrogen-bond acceptors (Lipinski definition) is 5. The van der Waals surface area contributed by atoms with Crippen molar-refractivity contribution < 1.29 is 24.2 Å². The van der Waals surface area contributed by atoms with Crippen LogP contribution in [-0.2, 0) is 20.9 Å². The second-order valence-corrected chi connectivity index (χ2v) is 4.11. The first-order chi connectivity index (χ1) is 9.62. The number of aliphatic hydroxyl groups excluding tert-OH is 1. The number of esters is 1. The molecule has 0 aliphatic rings. The smallest absolute Gasteiger partial charge is 0.382 e. The molecule has 1 aromatic carbocycles. The molecule has 1 N–H and O–H groups in total. The van der Waals surface area contributed by atoms with E-state index in [-0.39, 0.29) is 12.2 Å². The zero-order valence-electron chi connectivity index (χ0n) is 11.4. The monoisotopic (exact) mass is 278 g/mol. The molecular weight excluding hydrogens is 260 g/mol.